The first-order valence-electron chi connectivity index (χ1n) is 7.43. The second kappa shape index (κ2) is 5.25. The maximum absolute atomic E-state index is 6.64. The van der Waals surface area contributed by atoms with Gasteiger partial charge in [-0.1, -0.05) is 43.7 Å². The number of rotatable bonds is 4. The first-order valence-corrected chi connectivity index (χ1v) is 7.86. The highest BCUT2D eigenvalue weighted by molar-refractivity contribution is 6.20. The van der Waals surface area contributed by atoms with Crippen molar-refractivity contribution in [1.29, 1.82) is 0 Å². The Labute approximate surface area is 116 Å². The fraction of sp³-hybridized carbons (Fsp3) is 0.647. The average Bonchev–Trinajstić information content (AvgIpc) is 3.01. The van der Waals surface area contributed by atoms with Crippen LogP contribution < -0.4 is 0 Å². The molecule has 2 fully saturated rings. The largest absolute Gasteiger partial charge is 0.118 e. The third kappa shape index (κ3) is 2.45. The Hall–Kier alpha value is -0.490. The standard InChI is InChI=1S/C17H23Cl/c1-12(17(18)14-5-3-2-4-6-14)9-16-11-13-7-8-15(16)10-13/h2-6,12-13,15-17H,7-11H2,1H3. The molecule has 18 heavy (non-hydrogen) atoms. The molecule has 0 heterocycles. The molecule has 3 rings (SSSR count). The fourth-order valence-electron chi connectivity index (χ4n) is 4.23. The molecule has 0 spiro atoms. The topological polar surface area (TPSA) is 0 Å². The van der Waals surface area contributed by atoms with Crippen LogP contribution in [0.5, 0.6) is 0 Å². The van der Waals surface area contributed by atoms with Crippen LogP contribution >= 0.6 is 11.6 Å². The maximum Gasteiger partial charge on any atom is 0.0610 e. The van der Waals surface area contributed by atoms with Crippen LogP contribution in [0.3, 0.4) is 0 Å². The van der Waals surface area contributed by atoms with E-state index in [1.54, 1.807) is 0 Å². The minimum absolute atomic E-state index is 0.185. The monoisotopic (exact) mass is 262 g/mol. The maximum atomic E-state index is 6.64. The normalized spacial score (nSPS) is 33.6. The molecule has 5 atom stereocenters. The predicted octanol–water partition coefficient (Wildman–Crippen LogP) is 5.43. The molecule has 98 valence electrons. The van der Waals surface area contributed by atoms with Gasteiger partial charge >= 0.3 is 0 Å². The third-order valence-electron chi connectivity index (χ3n) is 5.18. The minimum atomic E-state index is 0.185. The first kappa shape index (κ1) is 12.5. The lowest BCUT2D eigenvalue weighted by Gasteiger charge is -2.27. The lowest BCUT2D eigenvalue weighted by atomic mass is 9.81. The summed E-state index contributed by atoms with van der Waals surface area (Å²) in [6.45, 7) is 2.33. The van der Waals surface area contributed by atoms with Crippen LogP contribution in [-0.4, -0.2) is 0 Å². The first-order chi connectivity index (χ1) is 8.74. The zero-order chi connectivity index (χ0) is 12.5. The van der Waals surface area contributed by atoms with Crippen LogP contribution in [0.4, 0.5) is 0 Å². The van der Waals surface area contributed by atoms with Crippen molar-refractivity contribution in [3.63, 3.8) is 0 Å². The van der Waals surface area contributed by atoms with Gasteiger partial charge in [0.2, 0.25) is 0 Å². The number of hydrogen-bond donors (Lipinski definition) is 0. The van der Waals surface area contributed by atoms with E-state index in [1.807, 2.05) is 0 Å². The van der Waals surface area contributed by atoms with Gasteiger partial charge in [-0.05, 0) is 54.9 Å². The van der Waals surface area contributed by atoms with E-state index in [1.165, 1.54) is 37.7 Å². The SMILES string of the molecule is CC(CC1CC2CCC1C2)C(Cl)c1ccccc1. The Morgan fingerprint density at radius 1 is 1.17 bits per heavy atom. The number of benzene rings is 1. The molecule has 0 N–H and O–H groups in total. The summed E-state index contributed by atoms with van der Waals surface area (Å²) in [6.07, 6.45) is 7.30. The van der Waals surface area contributed by atoms with Crippen LogP contribution in [0.25, 0.3) is 0 Å². The van der Waals surface area contributed by atoms with Crippen LogP contribution in [-0.2, 0) is 0 Å². The van der Waals surface area contributed by atoms with Gasteiger partial charge in [0.25, 0.3) is 0 Å². The van der Waals surface area contributed by atoms with Gasteiger partial charge in [-0.2, -0.15) is 0 Å². The van der Waals surface area contributed by atoms with Gasteiger partial charge in [0.15, 0.2) is 0 Å². The Bertz CT molecular complexity index is 386. The molecule has 1 heteroatoms. The van der Waals surface area contributed by atoms with Gasteiger partial charge in [0.1, 0.15) is 0 Å². The van der Waals surface area contributed by atoms with E-state index in [4.69, 9.17) is 11.6 Å². The second-order valence-electron chi connectivity index (χ2n) is 6.46. The summed E-state index contributed by atoms with van der Waals surface area (Å²) in [6, 6.07) is 10.6. The van der Waals surface area contributed by atoms with E-state index >= 15 is 0 Å². The van der Waals surface area contributed by atoms with Gasteiger partial charge in [0, 0.05) is 0 Å². The van der Waals surface area contributed by atoms with E-state index in [2.05, 4.69) is 37.3 Å². The van der Waals surface area contributed by atoms with Gasteiger partial charge in [0.05, 0.1) is 5.38 Å². The van der Waals surface area contributed by atoms with Crippen molar-refractivity contribution >= 4 is 11.6 Å². The van der Waals surface area contributed by atoms with Gasteiger partial charge in [-0.25, -0.2) is 0 Å². The molecule has 0 aromatic heterocycles. The number of fused-ring (bicyclic) bond motifs is 2. The van der Waals surface area contributed by atoms with E-state index in [9.17, 15) is 0 Å². The number of alkyl halides is 1. The summed E-state index contributed by atoms with van der Waals surface area (Å²) in [5, 5.41) is 0.185. The summed E-state index contributed by atoms with van der Waals surface area (Å²) in [5.41, 5.74) is 1.29. The van der Waals surface area contributed by atoms with Crippen molar-refractivity contribution in [2.75, 3.05) is 0 Å². The number of halogens is 1. The van der Waals surface area contributed by atoms with E-state index in [0.29, 0.717) is 5.92 Å². The summed E-state index contributed by atoms with van der Waals surface area (Å²) < 4.78 is 0. The summed E-state index contributed by atoms with van der Waals surface area (Å²) in [4.78, 5) is 0. The molecule has 2 saturated carbocycles. The molecule has 0 radical (unpaired) electrons. The fourth-order valence-corrected chi connectivity index (χ4v) is 4.48. The molecule has 0 saturated heterocycles. The number of hydrogen-bond acceptors (Lipinski definition) is 0. The van der Waals surface area contributed by atoms with Crippen LogP contribution in [0.1, 0.15) is 50.0 Å². The highest BCUT2D eigenvalue weighted by Gasteiger charge is 2.40. The van der Waals surface area contributed by atoms with E-state index in [-0.39, 0.29) is 5.38 Å². The molecule has 0 aliphatic heterocycles. The smallest absolute Gasteiger partial charge is 0.0610 e. The Balaban J connectivity index is 1.60. The second-order valence-corrected chi connectivity index (χ2v) is 6.93. The molecule has 1 aromatic carbocycles. The zero-order valence-corrected chi connectivity index (χ0v) is 11.9. The molecular weight excluding hydrogens is 240 g/mol. The Kier molecular flexibility index (Phi) is 3.66. The molecule has 2 aliphatic carbocycles. The van der Waals surface area contributed by atoms with Gasteiger partial charge in [-0.3, -0.25) is 0 Å². The van der Waals surface area contributed by atoms with E-state index < -0.39 is 0 Å². The van der Waals surface area contributed by atoms with Crippen LogP contribution in [0.2, 0.25) is 0 Å². The van der Waals surface area contributed by atoms with Crippen LogP contribution in [0, 0.1) is 23.7 Å². The van der Waals surface area contributed by atoms with Crippen LogP contribution in [0.15, 0.2) is 30.3 Å². The molecule has 2 aliphatic rings. The summed E-state index contributed by atoms with van der Waals surface area (Å²) in [7, 11) is 0. The molecule has 0 nitrogen and oxygen atoms in total. The van der Waals surface area contributed by atoms with Crippen molar-refractivity contribution in [3.05, 3.63) is 35.9 Å². The molecular formula is C17H23Cl. The Morgan fingerprint density at radius 3 is 2.56 bits per heavy atom. The summed E-state index contributed by atoms with van der Waals surface area (Å²) >= 11 is 6.64. The molecule has 5 unspecified atom stereocenters. The van der Waals surface area contributed by atoms with Crippen molar-refractivity contribution in [2.45, 2.75) is 44.4 Å². The molecule has 0 amide bonds. The van der Waals surface area contributed by atoms with Crippen molar-refractivity contribution in [1.82, 2.24) is 0 Å². The molecule has 1 aromatic rings. The molecule has 2 bridgehead atoms. The Morgan fingerprint density at radius 2 is 1.94 bits per heavy atom. The average molecular weight is 263 g/mol. The van der Waals surface area contributed by atoms with Crippen molar-refractivity contribution < 1.29 is 0 Å². The lowest BCUT2D eigenvalue weighted by molar-refractivity contribution is 0.272. The minimum Gasteiger partial charge on any atom is -0.118 e. The zero-order valence-electron chi connectivity index (χ0n) is 11.2. The van der Waals surface area contributed by atoms with Gasteiger partial charge in [-0.15, -0.1) is 11.6 Å². The van der Waals surface area contributed by atoms with Crippen molar-refractivity contribution in [2.24, 2.45) is 23.7 Å². The lowest BCUT2D eigenvalue weighted by Crippen LogP contribution is -2.16. The van der Waals surface area contributed by atoms with E-state index in [0.717, 1.165) is 17.8 Å². The predicted molar refractivity (Wildman–Crippen MR) is 77.8 cm³/mol. The van der Waals surface area contributed by atoms with Gasteiger partial charge < -0.3 is 0 Å². The third-order valence-corrected chi connectivity index (χ3v) is 5.86. The summed E-state index contributed by atoms with van der Waals surface area (Å²) in [5.74, 6) is 3.64. The highest BCUT2D eigenvalue weighted by atomic mass is 35.5. The highest BCUT2D eigenvalue weighted by Crippen LogP contribution is 2.51. The van der Waals surface area contributed by atoms with Crippen molar-refractivity contribution in [3.8, 4) is 0 Å². The quantitative estimate of drug-likeness (QED) is 0.635.